The lowest BCUT2D eigenvalue weighted by Gasteiger charge is -2.23. The minimum atomic E-state index is 0.0566. The van der Waals surface area contributed by atoms with Gasteiger partial charge in [-0.15, -0.1) is 0 Å². The van der Waals surface area contributed by atoms with Crippen LogP contribution in [0.2, 0.25) is 0 Å². The maximum Gasteiger partial charge on any atom is 0.0726 e. The van der Waals surface area contributed by atoms with Crippen molar-refractivity contribution >= 4 is 16.6 Å². The van der Waals surface area contributed by atoms with E-state index in [1.807, 2.05) is 0 Å². The van der Waals surface area contributed by atoms with Crippen molar-refractivity contribution in [1.82, 2.24) is 4.98 Å². The zero-order chi connectivity index (χ0) is 15.8. The summed E-state index contributed by atoms with van der Waals surface area (Å²) in [5, 5.41) is 4.72. The summed E-state index contributed by atoms with van der Waals surface area (Å²) in [6.45, 7) is 16.4. The van der Waals surface area contributed by atoms with Gasteiger partial charge in [0.1, 0.15) is 0 Å². The maximum absolute atomic E-state index is 4.87. The summed E-state index contributed by atoms with van der Waals surface area (Å²) in [4.78, 5) is 4.87. The molecule has 0 unspecified atom stereocenters. The Labute approximate surface area is 129 Å². The molecule has 114 valence electrons. The third-order valence-electron chi connectivity index (χ3n) is 3.81. The molecule has 1 heterocycles. The van der Waals surface area contributed by atoms with E-state index in [4.69, 9.17) is 4.98 Å². The van der Waals surface area contributed by atoms with Crippen LogP contribution in [0.25, 0.3) is 10.9 Å². The number of rotatable bonds is 2. The first-order chi connectivity index (χ1) is 9.63. The summed E-state index contributed by atoms with van der Waals surface area (Å²) < 4.78 is 0. The van der Waals surface area contributed by atoms with E-state index in [-0.39, 0.29) is 10.8 Å². The van der Waals surface area contributed by atoms with Crippen molar-refractivity contribution in [2.24, 2.45) is 0 Å². The molecule has 1 N–H and O–H groups in total. The Hall–Kier alpha value is -1.57. The van der Waals surface area contributed by atoms with Crippen LogP contribution in [0.1, 0.15) is 59.7 Å². The molecule has 2 heteroatoms. The van der Waals surface area contributed by atoms with Gasteiger partial charge < -0.3 is 5.32 Å². The van der Waals surface area contributed by atoms with Crippen molar-refractivity contribution in [2.75, 3.05) is 11.9 Å². The molecule has 2 nitrogen and oxygen atoms in total. The average molecular weight is 284 g/mol. The number of nitrogens with one attached hydrogen (secondary N) is 1. The Bertz CT molecular complexity index is 643. The summed E-state index contributed by atoms with van der Waals surface area (Å²) in [5.74, 6) is 0. The first kappa shape index (κ1) is 15.8. The van der Waals surface area contributed by atoms with Crippen molar-refractivity contribution in [3.63, 3.8) is 0 Å². The SMILES string of the molecule is CCNc1cc(C(C)(C)C)nc2ccc(C(C)(C)C)cc12. The number of pyridine rings is 1. The second-order valence-electron chi connectivity index (χ2n) is 7.82. The number of anilines is 1. The van der Waals surface area contributed by atoms with Crippen molar-refractivity contribution < 1.29 is 0 Å². The van der Waals surface area contributed by atoms with Gasteiger partial charge in [-0.2, -0.15) is 0 Å². The third kappa shape index (κ3) is 3.37. The number of benzene rings is 1. The molecule has 21 heavy (non-hydrogen) atoms. The highest BCUT2D eigenvalue weighted by molar-refractivity contribution is 5.92. The molecule has 0 aliphatic carbocycles. The van der Waals surface area contributed by atoms with Crippen LogP contribution in [0.3, 0.4) is 0 Å². The number of hydrogen-bond donors (Lipinski definition) is 1. The molecule has 0 fully saturated rings. The fraction of sp³-hybridized carbons (Fsp3) is 0.526. The van der Waals surface area contributed by atoms with Gasteiger partial charge in [0.2, 0.25) is 0 Å². The van der Waals surface area contributed by atoms with Crippen LogP contribution in [0.5, 0.6) is 0 Å². The largest absolute Gasteiger partial charge is 0.385 e. The Kier molecular flexibility index (Phi) is 4.01. The fourth-order valence-electron chi connectivity index (χ4n) is 2.41. The van der Waals surface area contributed by atoms with Gasteiger partial charge in [-0.05, 0) is 36.1 Å². The average Bonchev–Trinajstić information content (AvgIpc) is 2.36. The van der Waals surface area contributed by atoms with Crippen molar-refractivity contribution in [1.29, 1.82) is 0 Å². The van der Waals surface area contributed by atoms with E-state index in [0.29, 0.717) is 0 Å². The topological polar surface area (TPSA) is 24.9 Å². The van der Waals surface area contributed by atoms with Gasteiger partial charge in [-0.25, -0.2) is 0 Å². The Morgan fingerprint density at radius 1 is 0.952 bits per heavy atom. The van der Waals surface area contributed by atoms with E-state index in [1.54, 1.807) is 0 Å². The van der Waals surface area contributed by atoms with E-state index in [1.165, 1.54) is 16.6 Å². The normalized spacial score (nSPS) is 12.7. The molecule has 0 spiro atoms. The highest BCUT2D eigenvalue weighted by atomic mass is 14.9. The van der Waals surface area contributed by atoms with Crippen LogP contribution < -0.4 is 5.32 Å². The predicted molar refractivity (Wildman–Crippen MR) is 93.3 cm³/mol. The fourth-order valence-corrected chi connectivity index (χ4v) is 2.41. The van der Waals surface area contributed by atoms with Gasteiger partial charge in [0, 0.05) is 28.7 Å². The second-order valence-corrected chi connectivity index (χ2v) is 7.82. The number of aromatic nitrogens is 1. The molecular weight excluding hydrogens is 256 g/mol. The lowest BCUT2D eigenvalue weighted by Crippen LogP contribution is -2.15. The van der Waals surface area contributed by atoms with Gasteiger partial charge >= 0.3 is 0 Å². The predicted octanol–water partition coefficient (Wildman–Crippen LogP) is 5.26. The first-order valence-corrected chi connectivity index (χ1v) is 7.82. The molecule has 0 amide bonds. The molecule has 0 radical (unpaired) electrons. The summed E-state index contributed by atoms with van der Waals surface area (Å²) in [5.41, 5.74) is 4.96. The monoisotopic (exact) mass is 284 g/mol. The number of fused-ring (bicyclic) bond motifs is 1. The number of hydrogen-bond acceptors (Lipinski definition) is 2. The zero-order valence-corrected chi connectivity index (χ0v) is 14.5. The summed E-state index contributed by atoms with van der Waals surface area (Å²) in [6.07, 6.45) is 0. The molecule has 0 bridgehead atoms. The summed E-state index contributed by atoms with van der Waals surface area (Å²) in [6, 6.07) is 8.86. The molecule has 0 saturated carbocycles. The maximum atomic E-state index is 4.87. The van der Waals surface area contributed by atoms with Crippen molar-refractivity contribution in [2.45, 2.75) is 59.3 Å². The summed E-state index contributed by atoms with van der Waals surface area (Å²) >= 11 is 0. The lowest BCUT2D eigenvalue weighted by atomic mass is 9.85. The van der Waals surface area contributed by atoms with Gasteiger partial charge in [0.15, 0.2) is 0 Å². The minimum absolute atomic E-state index is 0.0566. The summed E-state index contributed by atoms with van der Waals surface area (Å²) in [7, 11) is 0. The Morgan fingerprint density at radius 2 is 1.62 bits per heavy atom. The van der Waals surface area contributed by atoms with Gasteiger partial charge in [0.25, 0.3) is 0 Å². The molecule has 0 saturated heterocycles. The molecule has 0 aliphatic heterocycles. The molecular formula is C19H28N2. The molecule has 1 aromatic heterocycles. The van der Waals surface area contributed by atoms with Crippen LogP contribution in [-0.2, 0) is 10.8 Å². The van der Waals surface area contributed by atoms with Crippen LogP contribution >= 0.6 is 0 Å². The quantitative estimate of drug-likeness (QED) is 0.813. The first-order valence-electron chi connectivity index (χ1n) is 7.82. The van der Waals surface area contributed by atoms with E-state index < -0.39 is 0 Å². The third-order valence-corrected chi connectivity index (χ3v) is 3.81. The van der Waals surface area contributed by atoms with Crippen molar-refractivity contribution in [3.8, 4) is 0 Å². The van der Waals surface area contributed by atoms with Gasteiger partial charge in [-0.3, -0.25) is 4.98 Å². The molecule has 0 aliphatic rings. The van der Waals surface area contributed by atoms with E-state index >= 15 is 0 Å². The van der Waals surface area contributed by atoms with Crippen LogP contribution in [-0.4, -0.2) is 11.5 Å². The van der Waals surface area contributed by atoms with Gasteiger partial charge in [-0.1, -0.05) is 47.6 Å². The van der Waals surface area contributed by atoms with E-state index in [0.717, 1.165) is 17.8 Å². The Morgan fingerprint density at radius 3 is 2.14 bits per heavy atom. The second kappa shape index (κ2) is 5.32. The standard InChI is InChI=1S/C19H28N2/c1-8-20-16-12-17(19(5,6)7)21-15-10-9-13(11-14(15)16)18(2,3)4/h9-12H,8H2,1-7H3,(H,20,21). The van der Waals surface area contributed by atoms with Crippen LogP contribution in [0.4, 0.5) is 5.69 Å². The smallest absolute Gasteiger partial charge is 0.0726 e. The Balaban J connectivity index is 2.70. The zero-order valence-electron chi connectivity index (χ0n) is 14.5. The van der Waals surface area contributed by atoms with E-state index in [2.05, 4.69) is 78.0 Å². The molecule has 1 aromatic carbocycles. The molecule has 2 aromatic rings. The van der Waals surface area contributed by atoms with E-state index in [9.17, 15) is 0 Å². The van der Waals surface area contributed by atoms with Gasteiger partial charge in [0.05, 0.1) is 5.52 Å². The molecule has 0 atom stereocenters. The van der Waals surface area contributed by atoms with Crippen LogP contribution in [0.15, 0.2) is 24.3 Å². The molecule has 2 rings (SSSR count). The highest BCUT2D eigenvalue weighted by Gasteiger charge is 2.19. The highest BCUT2D eigenvalue weighted by Crippen LogP contribution is 2.32. The lowest BCUT2D eigenvalue weighted by molar-refractivity contribution is 0.571. The minimum Gasteiger partial charge on any atom is -0.385 e. The number of nitrogens with zero attached hydrogens (tertiary/aromatic N) is 1. The van der Waals surface area contributed by atoms with Crippen LogP contribution in [0, 0.1) is 0 Å². The van der Waals surface area contributed by atoms with Crippen molar-refractivity contribution in [3.05, 3.63) is 35.5 Å².